The van der Waals surface area contributed by atoms with Gasteiger partial charge < -0.3 is 5.32 Å². The third-order valence-electron chi connectivity index (χ3n) is 3.31. The quantitative estimate of drug-likeness (QED) is 0.942. The molecule has 0 saturated carbocycles. The van der Waals surface area contributed by atoms with E-state index in [-0.39, 0.29) is 16.9 Å². The van der Waals surface area contributed by atoms with Crippen LogP contribution in [0.25, 0.3) is 10.4 Å². The van der Waals surface area contributed by atoms with Crippen LogP contribution < -0.4 is 5.32 Å². The molecule has 1 aliphatic rings. The van der Waals surface area contributed by atoms with Crippen LogP contribution in [0.4, 0.5) is 0 Å². The zero-order valence-corrected chi connectivity index (χ0v) is 13.0. The van der Waals surface area contributed by atoms with Crippen molar-refractivity contribution in [1.82, 2.24) is 5.32 Å². The van der Waals surface area contributed by atoms with E-state index in [1.54, 1.807) is 11.3 Å². The third-order valence-corrected chi connectivity index (χ3v) is 5.71. The van der Waals surface area contributed by atoms with Crippen LogP contribution in [0.5, 0.6) is 0 Å². The number of ketones is 1. The summed E-state index contributed by atoms with van der Waals surface area (Å²) >= 11 is 3.12. The lowest BCUT2D eigenvalue weighted by molar-refractivity contribution is -0.123. The number of thiophene rings is 1. The van der Waals surface area contributed by atoms with Crippen molar-refractivity contribution >= 4 is 34.8 Å². The second kappa shape index (κ2) is 6.45. The first-order valence-electron chi connectivity index (χ1n) is 6.77. The lowest BCUT2D eigenvalue weighted by Gasteiger charge is -2.07. The molecule has 1 saturated heterocycles. The zero-order chi connectivity index (χ0) is 14.7. The molecular formula is C16H15NO2S2. The maximum Gasteiger partial charge on any atom is 0.233 e. The molecule has 3 rings (SSSR count). The standard InChI is InChI=1S/C16H15NO2S2/c18-12-8-15(20-10-12)16(19)17-9-13-6-7-14(21-13)11-4-2-1-3-5-11/h1-7,15H,8-10H2,(H,17,19). The van der Waals surface area contributed by atoms with E-state index in [1.807, 2.05) is 24.3 Å². The lowest BCUT2D eigenvalue weighted by Crippen LogP contribution is -2.30. The number of Topliss-reactive ketones (excluding diaryl/α,β-unsaturated/α-hetero) is 1. The van der Waals surface area contributed by atoms with Gasteiger partial charge in [0.15, 0.2) is 0 Å². The van der Waals surface area contributed by atoms with Gasteiger partial charge in [0.1, 0.15) is 5.78 Å². The average molecular weight is 317 g/mol. The van der Waals surface area contributed by atoms with E-state index >= 15 is 0 Å². The normalized spacial score (nSPS) is 17.9. The van der Waals surface area contributed by atoms with Crippen LogP contribution in [0, 0.1) is 0 Å². The molecule has 0 bridgehead atoms. The number of hydrogen-bond donors (Lipinski definition) is 1. The van der Waals surface area contributed by atoms with Gasteiger partial charge in [-0.3, -0.25) is 9.59 Å². The Hall–Kier alpha value is -1.59. The largest absolute Gasteiger partial charge is 0.350 e. The van der Waals surface area contributed by atoms with Crippen molar-refractivity contribution in [2.75, 3.05) is 5.75 Å². The maximum absolute atomic E-state index is 12.0. The number of amides is 1. The molecule has 1 unspecified atom stereocenters. The van der Waals surface area contributed by atoms with E-state index < -0.39 is 0 Å². The summed E-state index contributed by atoms with van der Waals surface area (Å²) in [5.74, 6) is 0.609. The fraction of sp³-hybridized carbons (Fsp3) is 0.250. The Morgan fingerprint density at radius 3 is 2.71 bits per heavy atom. The van der Waals surface area contributed by atoms with E-state index in [9.17, 15) is 9.59 Å². The number of hydrogen-bond acceptors (Lipinski definition) is 4. The maximum atomic E-state index is 12.0. The molecule has 1 amide bonds. The van der Waals surface area contributed by atoms with Crippen molar-refractivity contribution in [3.8, 4) is 10.4 Å². The minimum atomic E-state index is -0.203. The van der Waals surface area contributed by atoms with Gasteiger partial charge in [0.25, 0.3) is 0 Å². The Kier molecular flexibility index (Phi) is 4.41. The molecule has 0 spiro atoms. The Labute approximate surface area is 131 Å². The Bertz CT molecular complexity index is 651. The van der Waals surface area contributed by atoms with Gasteiger partial charge in [-0.15, -0.1) is 23.1 Å². The minimum absolute atomic E-state index is 0.0273. The summed E-state index contributed by atoms with van der Waals surface area (Å²) < 4.78 is 0. The lowest BCUT2D eigenvalue weighted by atomic mass is 10.2. The summed E-state index contributed by atoms with van der Waals surface area (Å²) in [6.45, 7) is 0.529. The van der Waals surface area contributed by atoms with Gasteiger partial charge in [0, 0.05) is 16.2 Å². The topological polar surface area (TPSA) is 46.2 Å². The van der Waals surface area contributed by atoms with Crippen LogP contribution in [0.3, 0.4) is 0 Å². The fourth-order valence-electron chi connectivity index (χ4n) is 2.21. The Morgan fingerprint density at radius 2 is 2.00 bits per heavy atom. The molecule has 108 valence electrons. The molecule has 1 aromatic carbocycles. The highest BCUT2D eigenvalue weighted by Gasteiger charge is 2.28. The first kappa shape index (κ1) is 14.4. The Balaban J connectivity index is 1.58. The van der Waals surface area contributed by atoms with Gasteiger partial charge >= 0.3 is 0 Å². The molecule has 1 atom stereocenters. The number of carbonyl (C=O) groups excluding carboxylic acids is 2. The summed E-state index contributed by atoms with van der Waals surface area (Å²) in [6.07, 6.45) is 0.371. The van der Waals surface area contributed by atoms with Crippen molar-refractivity contribution in [2.24, 2.45) is 0 Å². The molecule has 1 aliphatic heterocycles. The number of rotatable bonds is 4. The molecule has 21 heavy (non-hydrogen) atoms. The van der Waals surface area contributed by atoms with Crippen LogP contribution >= 0.6 is 23.1 Å². The van der Waals surface area contributed by atoms with Crippen LogP contribution in [-0.4, -0.2) is 22.7 Å². The van der Waals surface area contributed by atoms with E-state index in [1.165, 1.54) is 22.2 Å². The summed E-state index contributed by atoms with van der Waals surface area (Å²) in [4.78, 5) is 25.5. The van der Waals surface area contributed by atoms with Crippen LogP contribution in [0.2, 0.25) is 0 Å². The van der Waals surface area contributed by atoms with Crippen LogP contribution in [0.15, 0.2) is 42.5 Å². The smallest absolute Gasteiger partial charge is 0.233 e. The molecule has 1 fully saturated rings. The summed E-state index contributed by atoms with van der Waals surface area (Å²) in [5.41, 5.74) is 1.19. The first-order chi connectivity index (χ1) is 10.2. The number of thioether (sulfide) groups is 1. The fourth-order valence-corrected chi connectivity index (χ4v) is 4.20. The Morgan fingerprint density at radius 1 is 1.19 bits per heavy atom. The van der Waals surface area contributed by atoms with E-state index in [0.29, 0.717) is 18.7 Å². The number of benzene rings is 1. The minimum Gasteiger partial charge on any atom is -0.350 e. The highest BCUT2D eigenvalue weighted by molar-refractivity contribution is 8.01. The molecule has 1 N–H and O–H groups in total. The van der Waals surface area contributed by atoms with Crippen molar-refractivity contribution in [2.45, 2.75) is 18.2 Å². The zero-order valence-electron chi connectivity index (χ0n) is 11.4. The van der Waals surface area contributed by atoms with Gasteiger partial charge in [-0.05, 0) is 17.7 Å². The summed E-state index contributed by atoms with van der Waals surface area (Å²) in [5, 5.41) is 2.72. The molecule has 2 heterocycles. The molecule has 0 aliphatic carbocycles. The van der Waals surface area contributed by atoms with Crippen molar-refractivity contribution in [3.63, 3.8) is 0 Å². The molecule has 1 aromatic heterocycles. The van der Waals surface area contributed by atoms with Crippen molar-refractivity contribution in [3.05, 3.63) is 47.3 Å². The average Bonchev–Trinajstić information content (AvgIpc) is 3.15. The number of nitrogens with one attached hydrogen (secondary N) is 1. The highest BCUT2D eigenvalue weighted by Crippen LogP contribution is 2.28. The second-order valence-corrected chi connectivity index (χ2v) is 7.25. The molecule has 0 radical (unpaired) electrons. The highest BCUT2D eigenvalue weighted by atomic mass is 32.2. The van der Waals surface area contributed by atoms with E-state index in [0.717, 1.165) is 4.88 Å². The second-order valence-electron chi connectivity index (χ2n) is 4.89. The van der Waals surface area contributed by atoms with Crippen LogP contribution in [0.1, 0.15) is 11.3 Å². The van der Waals surface area contributed by atoms with E-state index in [2.05, 4.69) is 23.5 Å². The van der Waals surface area contributed by atoms with Gasteiger partial charge in [-0.2, -0.15) is 0 Å². The molecular weight excluding hydrogens is 302 g/mol. The molecule has 2 aromatic rings. The van der Waals surface area contributed by atoms with E-state index in [4.69, 9.17) is 0 Å². The van der Waals surface area contributed by atoms with Gasteiger partial charge in [-0.1, -0.05) is 30.3 Å². The van der Waals surface area contributed by atoms with Gasteiger partial charge in [0.2, 0.25) is 5.91 Å². The molecule has 5 heteroatoms. The number of carbonyl (C=O) groups is 2. The third kappa shape index (κ3) is 3.54. The SMILES string of the molecule is O=C1CSC(C(=O)NCc2ccc(-c3ccccc3)s2)C1. The van der Waals surface area contributed by atoms with Gasteiger partial charge in [-0.25, -0.2) is 0 Å². The summed E-state index contributed by atoms with van der Waals surface area (Å²) in [7, 11) is 0. The predicted molar refractivity (Wildman–Crippen MR) is 87.5 cm³/mol. The van der Waals surface area contributed by atoms with Crippen LogP contribution in [-0.2, 0) is 16.1 Å². The predicted octanol–water partition coefficient (Wildman–Crippen LogP) is 3.11. The first-order valence-corrected chi connectivity index (χ1v) is 8.64. The molecule has 3 nitrogen and oxygen atoms in total. The monoisotopic (exact) mass is 317 g/mol. The van der Waals surface area contributed by atoms with Gasteiger partial charge in [0.05, 0.1) is 17.5 Å². The van der Waals surface area contributed by atoms with Crippen molar-refractivity contribution < 1.29 is 9.59 Å². The van der Waals surface area contributed by atoms with Crippen molar-refractivity contribution in [1.29, 1.82) is 0 Å². The summed E-state index contributed by atoms with van der Waals surface area (Å²) in [6, 6.07) is 14.3.